The Morgan fingerprint density at radius 3 is 2.38 bits per heavy atom. The van der Waals surface area contributed by atoms with E-state index in [4.69, 9.17) is 21.1 Å². The summed E-state index contributed by atoms with van der Waals surface area (Å²) < 4.78 is 92.6. The number of hydrogen-bond acceptors (Lipinski definition) is 5. The van der Waals surface area contributed by atoms with Crippen molar-refractivity contribution in [3.05, 3.63) is 82.6 Å². The van der Waals surface area contributed by atoms with Crippen molar-refractivity contribution >= 4 is 23.2 Å². The van der Waals surface area contributed by atoms with Gasteiger partial charge in [-0.05, 0) is 48.2 Å². The monoisotopic (exact) mass is 588 g/mol. The fourth-order valence-corrected chi connectivity index (χ4v) is 4.56. The van der Waals surface area contributed by atoms with E-state index in [1.54, 1.807) is 30.3 Å². The van der Waals surface area contributed by atoms with Crippen molar-refractivity contribution in [1.29, 1.82) is 0 Å². The normalized spacial score (nSPS) is 16.2. The second-order valence-electron chi connectivity index (χ2n) is 9.18. The minimum atomic E-state index is -6.04. The largest absolute Gasteiger partial charge is 0.497 e. The number of aryl methyl sites for hydroxylation is 1. The van der Waals surface area contributed by atoms with Gasteiger partial charge in [-0.25, -0.2) is 4.98 Å². The number of anilines is 1. The number of aromatic nitrogens is 1. The van der Waals surface area contributed by atoms with Gasteiger partial charge in [0.1, 0.15) is 22.8 Å². The lowest BCUT2D eigenvalue weighted by molar-refractivity contribution is -0.376. The first-order valence-corrected chi connectivity index (χ1v) is 12.3. The molecule has 4 rings (SSSR count). The summed E-state index contributed by atoms with van der Waals surface area (Å²) in [6.07, 6.45) is -11.4. The Morgan fingerprint density at radius 1 is 1.05 bits per heavy atom. The first-order chi connectivity index (χ1) is 18.7. The summed E-state index contributed by atoms with van der Waals surface area (Å²) in [6, 6.07) is 11.8. The van der Waals surface area contributed by atoms with E-state index in [1.807, 2.05) is 0 Å². The molecule has 0 aliphatic carbocycles. The molecule has 0 saturated carbocycles. The molecule has 0 spiro atoms. The van der Waals surface area contributed by atoms with E-state index in [-0.39, 0.29) is 42.2 Å². The molecule has 0 fully saturated rings. The number of carbonyl (C=O) groups is 1. The highest BCUT2D eigenvalue weighted by molar-refractivity contribution is 6.29. The molecule has 40 heavy (non-hydrogen) atoms. The summed E-state index contributed by atoms with van der Waals surface area (Å²) in [7, 11) is 1.47. The first kappa shape index (κ1) is 29.5. The highest BCUT2D eigenvalue weighted by Gasteiger charge is 2.71. The van der Waals surface area contributed by atoms with Gasteiger partial charge < -0.3 is 19.5 Å². The topological polar surface area (TPSA) is 71.9 Å². The van der Waals surface area contributed by atoms with E-state index >= 15 is 0 Å². The quantitative estimate of drug-likeness (QED) is 0.281. The number of benzene rings is 2. The van der Waals surface area contributed by atoms with Gasteiger partial charge in [0.2, 0.25) is 5.91 Å². The first-order valence-electron chi connectivity index (χ1n) is 11.9. The molecule has 0 bridgehead atoms. The van der Waals surface area contributed by atoms with Gasteiger partial charge in [-0.15, -0.1) is 0 Å². The zero-order valence-electron chi connectivity index (χ0n) is 20.9. The van der Waals surface area contributed by atoms with Crippen molar-refractivity contribution < 1.29 is 45.7 Å². The number of amides is 1. The van der Waals surface area contributed by atoms with E-state index in [1.165, 1.54) is 24.3 Å². The van der Waals surface area contributed by atoms with Crippen molar-refractivity contribution in [2.24, 2.45) is 0 Å². The molecule has 1 amide bonds. The van der Waals surface area contributed by atoms with Crippen LogP contribution in [0.25, 0.3) is 0 Å². The number of carbonyl (C=O) groups excluding carboxylic acids is 1. The van der Waals surface area contributed by atoms with Crippen LogP contribution >= 0.6 is 11.6 Å². The maximum Gasteiger partial charge on any atom is 0.430 e. The zero-order chi connectivity index (χ0) is 29.3. The minimum absolute atomic E-state index is 0.0174. The average molecular weight is 589 g/mol. The highest BCUT2D eigenvalue weighted by Crippen LogP contribution is 2.50. The van der Waals surface area contributed by atoms with Crippen LogP contribution in [0.15, 0.2) is 60.8 Å². The molecule has 2 aromatic carbocycles. The van der Waals surface area contributed by atoms with Gasteiger partial charge in [-0.1, -0.05) is 35.9 Å². The number of pyridine rings is 1. The van der Waals surface area contributed by atoms with Crippen molar-refractivity contribution in [1.82, 2.24) is 4.98 Å². The molecular weight excluding hydrogens is 566 g/mol. The molecule has 0 saturated heterocycles. The molecule has 1 aromatic heterocycles. The minimum Gasteiger partial charge on any atom is -0.497 e. The number of hydrogen-bond donors (Lipinski definition) is 1. The summed E-state index contributed by atoms with van der Waals surface area (Å²) in [5, 5.41) is 10.1. The Morgan fingerprint density at radius 2 is 1.75 bits per heavy atom. The molecule has 2 heterocycles. The van der Waals surface area contributed by atoms with Gasteiger partial charge in [0.05, 0.1) is 20.1 Å². The Kier molecular flexibility index (Phi) is 8.23. The van der Waals surface area contributed by atoms with Crippen LogP contribution in [0.1, 0.15) is 23.1 Å². The van der Waals surface area contributed by atoms with Crippen molar-refractivity contribution in [2.75, 3.05) is 18.6 Å². The summed E-state index contributed by atoms with van der Waals surface area (Å²) in [6.45, 7) is -0.0494. The molecule has 6 nitrogen and oxygen atoms in total. The van der Waals surface area contributed by atoms with Crippen LogP contribution in [0.5, 0.6) is 11.5 Å². The maximum atomic E-state index is 13.6. The van der Waals surface area contributed by atoms with Gasteiger partial charge in [0, 0.05) is 23.5 Å². The van der Waals surface area contributed by atoms with Crippen molar-refractivity contribution in [3.8, 4) is 11.5 Å². The van der Waals surface area contributed by atoms with Gasteiger partial charge >= 0.3 is 12.4 Å². The SMILES string of the molecule is COc1cccc(O[C@H]2CCc3cc(C(O)(C(F)(F)F)C(F)(F)F)ccc3N(C(=O)Cc3ccc(Cl)nc3)C2)c1. The number of alkyl halides is 6. The van der Waals surface area contributed by atoms with Gasteiger partial charge in [0.25, 0.3) is 5.60 Å². The van der Waals surface area contributed by atoms with E-state index < -0.39 is 35.5 Å². The molecule has 1 aliphatic rings. The molecule has 1 atom stereocenters. The summed E-state index contributed by atoms with van der Waals surface area (Å²) >= 11 is 5.81. The fraction of sp³-hybridized carbons (Fsp3) is 0.333. The lowest BCUT2D eigenvalue weighted by atomic mass is 9.89. The van der Waals surface area contributed by atoms with Crippen LogP contribution in [0.4, 0.5) is 32.0 Å². The standard InChI is InChI=1S/C27H23ClF6N2O4/c1-39-19-3-2-4-20(13-19)40-21-8-6-17-12-18(25(38,26(29,30)31)27(32,33)34)7-9-22(17)36(15-21)24(37)11-16-5-10-23(28)35-14-16/h2-5,7,9-10,12-14,21,38H,6,8,11,15H2,1H3/t21-/m0/s1. The lowest BCUT2D eigenvalue weighted by Gasteiger charge is -2.33. The molecule has 214 valence electrons. The van der Waals surface area contributed by atoms with Crippen LogP contribution in [0, 0.1) is 0 Å². The zero-order valence-corrected chi connectivity index (χ0v) is 21.6. The molecular formula is C27H23ClF6N2O4. The number of rotatable bonds is 6. The molecule has 13 heteroatoms. The van der Waals surface area contributed by atoms with E-state index in [0.717, 1.165) is 6.07 Å². The Labute approximate surface area is 230 Å². The number of nitrogens with zero attached hydrogens (tertiary/aromatic N) is 2. The average Bonchev–Trinajstić information content (AvgIpc) is 3.07. The summed E-state index contributed by atoms with van der Waals surface area (Å²) in [5.41, 5.74) is -5.87. The number of aliphatic hydroxyl groups is 1. The predicted molar refractivity (Wildman–Crippen MR) is 133 cm³/mol. The summed E-state index contributed by atoms with van der Waals surface area (Å²) in [5.74, 6) is 0.399. The highest BCUT2D eigenvalue weighted by atomic mass is 35.5. The molecule has 3 aromatic rings. The third-order valence-corrected chi connectivity index (χ3v) is 6.74. The predicted octanol–water partition coefficient (Wildman–Crippen LogP) is 6.03. The van der Waals surface area contributed by atoms with E-state index in [9.17, 15) is 36.2 Å². The number of fused-ring (bicyclic) bond motifs is 1. The second kappa shape index (κ2) is 11.2. The van der Waals surface area contributed by atoms with Crippen molar-refractivity contribution in [3.63, 3.8) is 0 Å². The molecule has 0 radical (unpaired) electrons. The molecule has 0 unspecified atom stereocenters. The third kappa shape index (κ3) is 5.97. The van der Waals surface area contributed by atoms with Crippen LogP contribution in [0.2, 0.25) is 5.15 Å². The van der Waals surface area contributed by atoms with E-state index in [0.29, 0.717) is 29.2 Å². The Balaban J connectivity index is 1.73. The Hall–Kier alpha value is -3.51. The van der Waals surface area contributed by atoms with Crippen LogP contribution in [0.3, 0.4) is 0 Å². The molecule has 1 N–H and O–H groups in total. The number of methoxy groups -OCH3 is 1. The smallest absolute Gasteiger partial charge is 0.430 e. The van der Waals surface area contributed by atoms with Crippen LogP contribution < -0.4 is 14.4 Å². The maximum absolute atomic E-state index is 13.6. The second-order valence-corrected chi connectivity index (χ2v) is 9.56. The van der Waals surface area contributed by atoms with Gasteiger partial charge in [-0.3, -0.25) is 4.79 Å². The van der Waals surface area contributed by atoms with Gasteiger partial charge in [0.15, 0.2) is 0 Å². The molecule has 1 aliphatic heterocycles. The Bertz CT molecular complexity index is 1350. The van der Waals surface area contributed by atoms with Crippen LogP contribution in [-0.2, 0) is 23.2 Å². The van der Waals surface area contributed by atoms with Crippen molar-refractivity contribution in [2.45, 2.75) is 43.3 Å². The summed E-state index contributed by atoms with van der Waals surface area (Å²) in [4.78, 5) is 18.6. The van der Waals surface area contributed by atoms with Crippen LogP contribution in [-0.4, -0.2) is 48.1 Å². The number of ether oxygens (including phenoxy) is 2. The fourth-order valence-electron chi connectivity index (χ4n) is 4.45. The lowest BCUT2D eigenvalue weighted by Crippen LogP contribution is -2.54. The number of halogens is 7. The van der Waals surface area contributed by atoms with E-state index in [2.05, 4.69) is 4.98 Å². The van der Waals surface area contributed by atoms with Gasteiger partial charge in [-0.2, -0.15) is 26.3 Å². The third-order valence-electron chi connectivity index (χ3n) is 6.52.